The lowest BCUT2D eigenvalue weighted by molar-refractivity contribution is -0.132. The molecule has 8 heteroatoms. The van der Waals surface area contributed by atoms with Crippen LogP contribution in [-0.2, 0) is 51.7 Å². The molecule has 1 amide bonds. The standard InChI is InChI=1S/C36H53NO7/c1-27-21-29-25-37(33(38)9-6-12-42-18-15-39-3)26-30-22-28(2)24-32-35(30)34(29)31(23-27)36(32,10-7-13-43-19-16-40-4)11-8-14-44-20-17-41-5/h21-24H,6-20,25-26H2,1-5H3. The lowest BCUT2D eigenvalue weighted by atomic mass is 9.70. The van der Waals surface area contributed by atoms with Crippen molar-refractivity contribution in [2.75, 3.05) is 80.8 Å². The van der Waals surface area contributed by atoms with Gasteiger partial charge in [0.25, 0.3) is 0 Å². The first-order valence-corrected chi connectivity index (χ1v) is 16.2. The summed E-state index contributed by atoms with van der Waals surface area (Å²) in [6.45, 7) is 11.2. The third-order valence-electron chi connectivity index (χ3n) is 8.84. The zero-order valence-electron chi connectivity index (χ0n) is 27.6. The van der Waals surface area contributed by atoms with Gasteiger partial charge in [-0.1, -0.05) is 35.4 Å². The Bertz CT molecular complexity index is 1130. The van der Waals surface area contributed by atoms with E-state index in [0.717, 1.165) is 25.7 Å². The number of rotatable bonds is 21. The third-order valence-corrected chi connectivity index (χ3v) is 8.84. The van der Waals surface area contributed by atoms with Crippen LogP contribution in [0.2, 0.25) is 0 Å². The topological polar surface area (TPSA) is 75.7 Å². The van der Waals surface area contributed by atoms with Gasteiger partial charge in [-0.15, -0.1) is 0 Å². The molecule has 2 aromatic rings. The van der Waals surface area contributed by atoms with Crippen molar-refractivity contribution >= 4 is 5.91 Å². The number of methoxy groups -OCH3 is 3. The maximum Gasteiger partial charge on any atom is 0.223 e. The number of carbonyl (C=O) groups is 1. The molecular formula is C36H53NO7. The van der Waals surface area contributed by atoms with E-state index in [4.69, 9.17) is 28.4 Å². The second-order valence-electron chi connectivity index (χ2n) is 12.2. The molecule has 244 valence electrons. The SMILES string of the molecule is COCCOCCCC(=O)N1Cc2cc(C)cc3c2-c2c(cc(C)cc2C3(CCCOCCOC)CCCOCCOC)C1. The Labute approximate surface area is 264 Å². The van der Waals surface area contributed by atoms with Crippen LogP contribution in [0.5, 0.6) is 0 Å². The van der Waals surface area contributed by atoms with Gasteiger partial charge >= 0.3 is 0 Å². The average molecular weight is 612 g/mol. The van der Waals surface area contributed by atoms with E-state index in [1.165, 1.54) is 44.5 Å². The summed E-state index contributed by atoms with van der Waals surface area (Å²) in [6.07, 6.45) is 5.09. The molecule has 1 aliphatic heterocycles. The van der Waals surface area contributed by atoms with Crippen molar-refractivity contribution in [2.45, 2.75) is 70.9 Å². The Morgan fingerprint density at radius 2 is 1.07 bits per heavy atom. The molecule has 44 heavy (non-hydrogen) atoms. The number of hydrogen-bond donors (Lipinski definition) is 0. The first kappa shape index (κ1) is 34.5. The highest BCUT2D eigenvalue weighted by atomic mass is 16.5. The molecule has 0 fully saturated rings. The Balaban J connectivity index is 1.64. The van der Waals surface area contributed by atoms with Crippen molar-refractivity contribution in [1.82, 2.24) is 4.90 Å². The molecule has 0 N–H and O–H groups in total. The van der Waals surface area contributed by atoms with Crippen molar-refractivity contribution in [1.29, 1.82) is 0 Å². The highest BCUT2D eigenvalue weighted by Crippen LogP contribution is 2.57. The van der Waals surface area contributed by atoms with E-state index < -0.39 is 0 Å². The highest BCUT2D eigenvalue weighted by molar-refractivity contribution is 5.88. The van der Waals surface area contributed by atoms with E-state index in [-0.39, 0.29) is 11.3 Å². The van der Waals surface area contributed by atoms with Crippen LogP contribution < -0.4 is 0 Å². The normalized spacial score (nSPS) is 14.6. The smallest absolute Gasteiger partial charge is 0.223 e. The lowest BCUT2D eigenvalue weighted by Crippen LogP contribution is -2.31. The monoisotopic (exact) mass is 611 g/mol. The van der Waals surface area contributed by atoms with Crippen LogP contribution in [0.25, 0.3) is 11.1 Å². The lowest BCUT2D eigenvalue weighted by Gasteiger charge is -2.34. The van der Waals surface area contributed by atoms with E-state index in [2.05, 4.69) is 38.1 Å². The fourth-order valence-corrected chi connectivity index (χ4v) is 6.94. The summed E-state index contributed by atoms with van der Waals surface area (Å²) in [6, 6.07) is 9.40. The maximum atomic E-state index is 13.6. The zero-order valence-corrected chi connectivity index (χ0v) is 27.6. The van der Waals surface area contributed by atoms with Gasteiger partial charge in [-0.05, 0) is 79.3 Å². The number of benzene rings is 2. The van der Waals surface area contributed by atoms with E-state index in [0.29, 0.717) is 85.4 Å². The molecule has 0 atom stereocenters. The molecule has 4 rings (SSSR count). The van der Waals surface area contributed by atoms with Gasteiger partial charge in [-0.2, -0.15) is 0 Å². The maximum absolute atomic E-state index is 13.6. The van der Waals surface area contributed by atoms with E-state index >= 15 is 0 Å². The van der Waals surface area contributed by atoms with Crippen molar-refractivity contribution in [3.05, 3.63) is 57.6 Å². The van der Waals surface area contributed by atoms with Crippen molar-refractivity contribution in [3.8, 4) is 11.1 Å². The summed E-state index contributed by atoms with van der Waals surface area (Å²) in [7, 11) is 5.08. The second kappa shape index (κ2) is 17.4. The fraction of sp³-hybridized carbons (Fsp3) is 0.639. The minimum Gasteiger partial charge on any atom is -0.382 e. The number of carbonyl (C=O) groups excluding carboxylic acids is 1. The van der Waals surface area contributed by atoms with Gasteiger partial charge in [-0.3, -0.25) is 4.79 Å². The van der Waals surface area contributed by atoms with Crippen LogP contribution in [0.15, 0.2) is 24.3 Å². The first-order chi connectivity index (χ1) is 21.4. The second-order valence-corrected chi connectivity index (χ2v) is 12.2. The molecule has 0 unspecified atom stereocenters. The number of nitrogens with zero attached hydrogens (tertiary/aromatic N) is 1. The Hall–Kier alpha value is -2.33. The van der Waals surface area contributed by atoms with Crippen molar-refractivity contribution < 1.29 is 33.2 Å². The van der Waals surface area contributed by atoms with Crippen LogP contribution in [0.4, 0.5) is 0 Å². The molecule has 0 bridgehead atoms. The Morgan fingerprint density at radius 3 is 1.50 bits per heavy atom. The van der Waals surface area contributed by atoms with E-state index in [1.807, 2.05) is 4.90 Å². The van der Waals surface area contributed by atoms with Crippen LogP contribution in [0, 0.1) is 13.8 Å². The number of ether oxygens (including phenoxy) is 6. The average Bonchev–Trinajstić information content (AvgIpc) is 3.15. The molecule has 2 aliphatic rings. The van der Waals surface area contributed by atoms with Gasteiger partial charge in [0.05, 0.1) is 39.6 Å². The largest absolute Gasteiger partial charge is 0.382 e. The highest BCUT2D eigenvalue weighted by Gasteiger charge is 2.45. The van der Waals surface area contributed by atoms with Gasteiger partial charge in [0.1, 0.15) is 0 Å². The summed E-state index contributed by atoms with van der Waals surface area (Å²) < 4.78 is 32.9. The minimum atomic E-state index is -0.132. The van der Waals surface area contributed by atoms with Gasteiger partial charge in [0.2, 0.25) is 5.91 Å². The predicted octanol–water partition coefficient (Wildman–Crippen LogP) is 5.74. The zero-order chi connectivity index (χ0) is 31.4. The molecule has 1 aliphatic carbocycles. The summed E-state index contributed by atoms with van der Waals surface area (Å²) in [5.41, 5.74) is 10.4. The molecule has 0 aromatic heterocycles. The predicted molar refractivity (Wildman–Crippen MR) is 172 cm³/mol. The van der Waals surface area contributed by atoms with Gasteiger partial charge in [-0.25, -0.2) is 0 Å². The number of hydrogen-bond acceptors (Lipinski definition) is 7. The molecule has 8 nitrogen and oxygen atoms in total. The molecule has 0 saturated carbocycles. The molecule has 0 radical (unpaired) electrons. The van der Waals surface area contributed by atoms with Gasteiger partial charge in [0.15, 0.2) is 0 Å². The Kier molecular flexibility index (Phi) is 13.7. The van der Waals surface area contributed by atoms with Crippen molar-refractivity contribution in [2.24, 2.45) is 0 Å². The summed E-state index contributed by atoms with van der Waals surface area (Å²) in [5, 5.41) is 0. The van der Waals surface area contributed by atoms with Gasteiger partial charge in [0, 0.05) is 66.1 Å². The molecule has 2 aromatic carbocycles. The number of amides is 1. The quantitative estimate of drug-likeness (QED) is 0.167. The Morgan fingerprint density at radius 1 is 0.636 bits per heavy atom. The fourth-order valence-electron chi connectivity index (χ4n) is 6.94. The summed E-state index contributed by atoms with van der Waals surface area (Å²) in [5.74, 6) is 0.179. The van der Waals surface area contributed by atoms with Gasteiger partial charge < -0.3 is 33.3 Å². The molecule has 1 heterocycles. The summed E-state index contributed by atoms with van der Waals surface area (Å²) >= 11 is 0. The molecule has 0 spiro atoms. The van der Waals surface area contributed by atoms with Crippen molar-refractivity contribution in [3.63, 3.8) is 0 Å². The minimum absolute atomic E-state index is 0.132. The van der Waals surface area contributed by atoms with E-state index in [1.54, 1.807) is 21.3 Å². The van der Waals surface area contributed by atoms with Crippen LogP contribution in [0.1, 0.15) is 71.9 Å². The van der Waals surface area contributed by atoms with Crippen LogP contribution in [-0.4, -0.2) is 91.6 Å². The van der Waals surface area contributed by atoms with Crippen LogP contribution in [0.3, 0.4) is 0 Å². The third kappa shape index (κ3) is 8.47. The summed E-state index contributed by atoms with van der Waals surface area (Å²) in [4.78, 5) is 15.6. The number of aryl methyl sites for hydroxylation is 2. The molecular weight excluding hydrogens is 558 g/mol. The van der Waals surface area contributed by atoms with E-state index in [9.17, 15) is 4.79 Å². The first-order valence-electron chi connectivity index (χ1n) is 16.2. The van der Waals surface area contributed by atoms with Crippen LogP contribution >= 0.6 is 0 Å². The molecule has 0 saturated heterocycles.